The summed E-state index contributed by atoms with van der Waals surface area (Å²) in [5.74, 6) is 0.587. The van der Waals surface area contributed by atoms with E-state index in [2.05, 4.69) is 79.1 Å². The highest BCUT2D eigenvalue weighted by molar-refractivity contribution is 5.24. The van der Waals surface area contributed by atoms with Crippen molar-refractivity contribution in [3.63, 3.8) is 0 Å². The van der Waals surface area contributed by atoms with Crippen LogP contribution in [0.2, 0.25) is 0 Å². The van der Waals surface area contributed by atoms with Gasteiger partial charge >= 0.3 is 0 Å². The van der Waals surface area contributed by atoms with E-state index in [-0.39, 0.29) is 0 Å². The van der Waals surface area contributed by atoms with Crippen LogP contribution in [0, 0.1) is 0 Å². The predicted octanol–water partition coefficient (Wildman–Crippen LogP) is 4.16. The summed E-state index contributed by atoms with van der Waals surface area (Å²) in [7, 11) is 4.27. The second kappa shape index (κ2) is 9.55. The summed E-state index contributed by atoms with van der Waals surface area (Å²) in [4.78, 5) is 9.23. The SMILES string of the molecule is CC(C)c1ccc(CN(CCCN(C)C)Cc2ccccn2)cc1. The number of hydrogen-bond donors (Lipinski definition) is 0. The molecular formula is C21H31N3. The van der Waals surface area contributed by atoms with Crippen LogP contribution in [0.3, 0.4) is 0 Å². The van der Waals surface area contributed by atoms with E-state index in [4.69, 9.17) is 0 Å². The summed E-state index contributed by atoms with van der Waals surface area (Å²) in [5, 5.41) is 0. The van der Waals surface area contributed by atoms with Crippen LogP contribution in [0.1, 0.15) is 43.0 Å². The smallest absolute Gasteiger partial charge is 0.0544 e. The molecule has 0 N–H and O–H groups in total. The lowest BCUT2D eigenvalue weighted by Crippen LogP contribution is -2.27. The molecule has 0 aliphatic heterocycles. The molecule has 2 rings (SSSR count). The summed E-state index contributed by atoms with van der Waals surface area (Å²) >= 11 is 0. The Morgan fingerprint density at radius 3 is 2.25 bits per heavy atom. The first-order valence-corrected chi connectivity index (χ1v) is 8.90. The molecule has 0 fully saturated rings. The highest BCUT2D eigenvalue weighted by Crippen LogP contribution is 2.16. The molecule has 3 heteroatoms. The van der Waals surface area contributed by atoms with Crippen molar-refractivity contribution in [3.05, 3.63) is 65.5 Å². The molecule has 0 aliphatic rings. The van der Waals surface area contributed by atoms with Gasteiger partial charge in [0.15, 0.2) is 0 Å². The summed E-state index contributed by atoms with van der Waals surface area (Å²) < 4.78 is 0. The van der Waals surface area contributed by atoms with Gasteiger partial charge < -0.3 is 4.90 Å². The lowest BCUT2D eigenvalue weighted by molar-refractivity contribution is 0.237. The van der Waals surface area contributed by atoms with E-state index < -0.39 is 0 Å². The Hall–Kier alpha value is -1.71. The number of aromatic nitrogens is 1. The third-order valence-electron chi connectivity index (χ3n) is 4.24. The largest absolute Gasteiger partial charge is 0.309 e. The van der Waals surface area contributed by atoms with Gasteiger partial charge in [0.05, 0.1) is 5.69 Å². The third kappa shape index (κ3) is 6.42. The summed E-state index contributed by atoms with van der Waals surface area (Å²) in [6.45, 7) is 8.56. The van der Waals surface area contributed by atoms with E-state index >= 15 is 0 Å². The van der Waals surface area contributed by atoms with Crippen molar-refractivity contribution < 1.29 is 0 Å². The molecule has 2 aromatic rings. The van der Waals surface area contributed by atoms with Crippen molar-refractivity contribution in [2.45, 2.75) is 39.3 Å². The van der Waals surface area contributed by atoms with Crippen molar-refractivity contribution in [1.82, 2.24) is 14.8 Å². The van der Waals surface area contributed by atoms with Crippen LogP contribution in [0.25, 0.3) is 0 Å². The molecule has 0 aliphatic carbocycles. The fourth-order valence-electron chi connectivity index (χ4n) is 2.81. The van der Waals surface area contributed by atoms with E-state index in [0.717, 1.165) is 31.9 Å². The topological polar surface area (TPSA) is 19.4 Å². The molecule has 130 valence electrons. The highest BCUT2D eigenvalue weighted by Gasteiger charge is 2.09. The van der Waals surface area contributed by atoms with E-state index in [1.54, 1.807) is 0 Å². The Balaban J connectivity index is 2.00. The van der Waals surface area contributed by atoms with Crippen molar-refractivity contribution >= 4 is 0 Å². The minimum atomic E-state index is 0.587. The van der Waals surface area contributed by atoms with Gasteiger partial charge in [-0.25, -0.2) is 0 Å². The van der Waals surface area contributed by atoms with Crippen LogP contribution in [0.5, 0.6) is 0 Å². The van der Waals surface area contributed by atoms with Gasteiger partial charge in [0.2, 0.25) is 0 Å². The molecule has 1 aromatic heterocycles. The summed E-state index contributed by atoms with van der Waals surface area (Å²) in [6, 6.07) is 15.2. The minimum absolute atomic E-state index is 0.587. The van der Waals surface area contributed by atoms with Crippen molar-refractivity contribution in [3.8, 4) is 0 Å². The van der Waals surface area contributed by atoms with Crippen molar-refractivity contribution in [1.29, 1.82) is 0 Å². The van der Waals surface area contributed by atoms with Crippen LogP contribution < -0.4 is 0 Å². The van der Waals surface area contributed by atoms with Gasteiger partial charge in [-0.05, 0) is 56.2 Å². The lowest BCUT2D eigenvalue weighted by Gasteiger charge is -2.23. The molecule has 24 heavy (non-hydrogen) atoms. The first-order valence-electron chi connectivity index (χ1n) is 8.90. The first-order chi connectivity index (χ1) is 11.5. The minimum Gasteiger partial charge on any atom is -0.309 e. The van der Waals surface area contributed by atoms with Gasteiger partial charge in [0, 0.05) is 25.8 Å². The van der Waals surface area contributed by atoms with E-state index in [0.29, 0.717) is 5.92 Å². The average molecular weight is 325 g/mol. The molecule has 0 spiro atoms. The maximum absolute atomic E-state index is 4.49. The number of pyridine rings is 1. The number of benzene rings is 1. The molecule has 0 saturated carbocycles. The second-order valence-corrected chi connectivity index (χ2v) is 7.08. The molecule has 0 saturated heterocycles. The zero-order chi connectivity index (χ0) is 17.4. The van der Waals surface area contributed by atoms with Crippen molar-refractivity contribution in [2.24, 2.45) is 0 Å². The van der Waals surface area contributed by atoms with Crippen LogP contribution in [-0.4, -0.2) is 42.0 Å². The Morgan fingerprint density at radius 1 is 0.917 bits per heavy atom. The quantitative estimate of drug-likeness (QED) is 0.690. The highest BCUT2D eigenvalue weighted by atomic mass is 15.1. The molecule has 0 bridgehead atoms. The van der Waals surface area contributed by atoms with E-state index in [1.807, 2.05) is 12.3 Å². The van der Waals surface area contributed by atoms with E-state index in [9.17, 15) is 0 Å². The Kier molecular flexibility index (Phi) is 7.41. The zero-order valence-corrected chi connectivity index (χ0v) is 15.6. The van der Waals surface area contributed by atoms with Crippen LogP contribution >= 0.6 is 0 Å². The third-order valence-corrected chi connectivity index (χ3v) is 4.24. The molecule has 1 aromatic carbocycles. The summed E-state index contributed by atoms with van der Waals surface area (Å²) in [6.07, 6.45) is 3.05. The van der Waals surface area contributed by atoms with E-state index in [1.165, 1.54) is 17.5 Å². The maximum atomic E-state index is 4.49. The second-order valence-electron chi connectivity index (χ2n) is 7.08. The van der Waals surface area contributed by atoms with Gasteiger partial charge in [-0.3, -0.25) is 9.88 Å². The van der Waals surface area contributed by atoms with Gasteiger partial charge in [-0.15, -0.1) is 0 Å². The Morgan fingerprint density at radius 2 is 1.67 bits per heavy atom. The molecule has 0 amide bonds. The zero-order valence-electron chi connectivity index (χ0n) is 15.6. The molecule has 0 atom stereocenters. The van der Waals surface area contributed by atoms with Crippen molar-refractivity contribution in [2.75, 3.05) is 27.2 Å². The predicted molar refractivity (Wildman–Crippen MR) is 102 cm³/mol. The van der Waals surface area contributed by atoms with Gasteiger partial charge in [0.1, 0.15) is 0 Å². The lowest BCUT2D eigenvalue weighted by atomic mass is 10.0. The van der Waals surface area contributed by atoms with Crippen LogP contribution in [-0.2, 0) is 13.1 Å². The first kappa shape index (κ1) is 18.6. The van der Waals surface area contributed by atoms with Gasteiger partial charge in [-0.2, -0.15) is 0 Å². The number of rotatable bonds is 9. The number of hydrogen-bond acceptors (Lipinski definition) is 3. The Bertz CT molecular complexity index is 576. The molecule has 1 heterocycles. The standard InChI is InChI=1S/C21H31N3/c1-18(2)20-11-9-19(10-12-20)16-24(15-7-14-23(3)4)17-21-8-5-6-13-22-21/h5-6,8-13,18H,7,14-17H2,1-4H3. The molecular weight excluding hydrogens is 294 g/mol. The monoisotopic (exact) mass is 325 g/mol. The summed E-state index contributed by atoms with van der Waals surface area (Å²) in [5.41, 5.74) is 3.92. The van der Waals surface area contributed by atoms with Gasteiger partial charge in [-0.1, -0.05) is 44.2 Å². The van der Waals surface area contributed by atoms with Gasteiger partial charge in [0.25, 0.3) is 0 Å². The fourth-order valence-corrected chi connectivity index (χ4v) is 2.81. The fraction of sp³-hybridized carbons (Fsp3) is 0.476. The maximum Gasteiger partial charge on any atom is 0.0544 e. The average Bonchev–Trinajstić information content (AvgIpc) is 2.56. The molecule has 0 radical (unpaired) electrons. The normalized spacial score (nSPS) is 11.6. The molecule has 3 nitrogen and oxygen atoms in total. The van der Waals surface area contributed by atoms with Crippen LogP contribution in [0.15, 0.2) is 48.7 Å². The Labute approximate surface area is 147 Å². The number of nitrogens with zero attached hydrogens (tertiary/aromatic N) is 3. The van der Waals surface area contributed by atoms with Crippen LogP contribution in [0.4, 0.5) is 0 Å². The molecule has 0 unspecified atom stereocenters.